The number of carbonyl (C=O) groups is 2. The number of Topliss-reactive ketones (excluding diaryl/α,β-unsaturated/α-hetero) is 1. The largest absolute Gasteiger partial charge is 0.482 e. The third-order valence-corrected chi connectivity index (χ3v) is 4.75. The van der Waals surface area contributed by atoms with E-state index in [4.69, 9.17) is 14.2 Å². The van der Waals surface area contributed by atoms with Gasteiger partial charge in [-0.3, -0.25) is 4.79 Å². The normalized spacial score (nSPS) is 14.1. The zero-order chi connectivity index (χ0) is 20.4. The number of allylic oxidation sites excluding steroid dienone is 1. The lowest BCUT2D eigenvalue weighted by Crippen LogP contribution is -2.14. The highest BCUT2D eigenvalue weighted by atomic mass is 16.6. The summed E-state index contributed by atoms with van der Waals surface area (Å²) in [5.41, 5.74) is 2.51. The number of ether oxygens (including phenoxy) is 3. The highest BCUT2D eigenvalue weighted by Crippen LogP contribution is 2.35. The summed E-state index contributed by atoms with van der Waals surface area (Å²) in [5.74, 6) is 0.500. The topological polar surface area (TPSA) is 66.8 Å². The minimum absolute atomic E-state index is 0.176. The van der Waals surface area contributed by atoms with E-state index in [-0.39, 0.29) is 18.1 Å². The molecule has 0 radical (unpaired) electrons. The Morgan fingerprint density at radius 3 is 2.79 bits per heavy atom. The number of para-hydroxylation sites is 1. The van der Waals surface area contributed by atoms with Crippen molar-refractivity contribution >= 4 is 28.7 Å². The average molecular weight is 391 g/mol. The Labute approximate surface area is 168 Å². The van der Waals surface area contributed by atoms with Crippen LogP contribution in [0.4, 0.5) is 0 Å². The number of ketones is 1. The zero-order valence-electron chi connectivity index (χ0n) is 16.3. The number of hydrogen-bond acceptors (Lipinski definition) is 5. The molecule has 3 aromatic rings. The number of benzene rings is 2. The number of nitrogens with zero attached hydrogens (tertiary/aromatic N) is 1. The molecule has 1 aliphatic heterocycles. The molecule has 29 heavy (non-hydrogen) atoms. The maximum atomic E-state index is 12.8. The van der Waals surface area contributed by atoms with Gasteiger partial charge in [-0.15, -0.1) is 0 Å². The van der Waals surface area contributed by atoms with Gasteiger partial charge in [0.2, 0.25) is 5.78 Å². The quantitative estimate of drug-likeness (QED) is 0.465. The van der Waals surface area contributed by atoms with Crippen molar-refractivity contribution in [3.8, 4) is 11.5 Å². The van der Waals surface area contributed by atoms with E-state index >= 15 is 0 Å². The van der Waals surface area contributed by atoms with Gasteiger partial charge in [-0.05, 0) is 38.1 Å². The Morgan fingerprint density at radius 2 is 2.00 bits per heavy atom. The number of carbonyl (C=O) groups excluding carboxylic acids is 2. The summed E-state index contributed by atoms with van der Waals surface area (Å²) in [6.07, 6.45) is 3.79. The van der Waals surface area contributed by atoms with Crippen LogP contribution in [0, 0.1) is 0 Å². The SMILES string of the molecule is CCOC(=O)COc1ccc2c(c1)OC(=Cc1cn(CC)c3ccccc13)C2=O. The second-order valence-electron chi connectivity index (χ2n) is 6.58. The Balaban J connectivity index is 1.59. The van der Waals surface area contributed by atoms with Crippen LogP contribution in [0.2, 0.25) is 0 Å². The molecule has 0 saturated carbocycles. The van der Waals surface area contributed by atoms with Gasteiger partial charge in [-0.25, -0.2) is 4.79 Å². The summed E-state index contributed by atoms with van der Waals surface area (Å²) in [4.78, 5) is 24.2. The molecule has 0 unspecified atom stereocenters. The summed E-state index contributed by atoms with van der Waals surface area (Å²) < 4.78 is 18.2. The molecule has 0 N–H and O–H groups in total. The highest BCUT2D eigenvalue weighted by molar-refractivity contribution is 6.15. The first-order valence-electron chi connectivity index (χ1n) is 9.55. The molecule has 1 aromatic heterocycles. The Morgan fingerprint density at radius 1 is 1.17 bits per heavy atom. The summed E-state index contributed by atoms with van der Waals surface area (Å²) in [6.45, 7) is 4.75. The van der Waals surface area contributed by atoms with Gasteiger partial charge in [0.1, 0.15) is 11.5 Å². The molecule has 148 valence electrons. The van der Waals surface area contributed by atoms with E-state index in [9.17, 15) is 9.59 Å². The predicted octanol–water partition coefficient (Wildman–Crippen LogP) is 4.22. The molecular weight excluding hydrogens is 370 g/mol. The van der Waals surface area contributed by atoms with Crippen molar-refractivity contribution in [3.05, 3.63) is 65.5 Å². The van der Waals surface area contributed by atoms with Crippen LogP contribution in [0.1, 0.15) is 29.8 Å². The Bertz CT molecular complexity index is 1130. The molecule has 0 bridgehead atoms. The van der Waals surface area contributed by atoms with Crippen molar-refractivity contribution in [1.29, 1.82) is 0 Å². The molecule has 6 heteroatoms. The maximum absolute atomic E-state index is 12.8. The molecule has 0 aliphatic carbocycles. The molecule has 0 amide bonds. The van der Waals surface area contributed by atoms with E-state index in [1.807, 2.05) is 24.4 Å². The van der Waals surface area contributed by atoms with Gasteiger partial charge in [0.15, 0.2) is 12.4 Å². The molecule has 0 fully saturated rings. The van der Waals surface area contributed by atoms with Crippen molar-refractivity contribution in [1.82, 2.24) is 4.57 Å². The zero-order valence-corrected chi connectivity index (χ0v) is 16.3. The van der Waals surface area contributed by atoms with Crippen LogP contribution >= 0.6 is 0 Å². The lowest BCUT2D eigenvalue weighted by Gasteiger charge is -2.06. The first kappa shape index (κ1) is 18.8. The molecule has 2 aromatic carbocycles. The molecule has 0 atom stereocenters. The molecule has 0 saturated heterocycles. The maximum Gasteiger partial charge on any atom is 0.344 e. The van der Waals surface area contributed by atoms with Gasteiger partial charge in [0.05, 0.1) is 12.2 Å². The van der Waals surface area contributed by atoms with Gasteiger partial charge in [0.25, 0.3) is 0 Å². The summed E-state index contributed by atoms with van der Waals surface area (Å²) in [5, 5.41) is 1.06. The second kappa shape index (κ2) is 7.83. The number of aryl methyl sites for hydroxylation is 1. The first-order valence-corrected chi connectivity index (χ1v) is 9.55. The van der Waals surface area contributed by atoms with E-state index in [1.54, 1.807) is 31.2 Å². The second-order valence-corrected chi connectivity index (χ2v) is 6.58. The number of rotatable bonds is 6. The van der Waals surface area contributed by atoms with Crippen LogP contribution in [0.5, 0.6) is 11.5 Å². The van der Waals surface area contributed by atoms with Crippen molar-refractivity contribution in [2.75, 3.05) is 13.2 Å². The van der Waals surface area contributed by atoms with Crippen LogP contribution in [-0.2, 0) is 16.1 Å². The number of aromatic nitrogens is 1. The van der Waals surface area contributed by atoms with Gasteiger partial charge < -0.3 is 18.8 Å². The number of fused-ring (bicyclic) bond motifs is 2. The third-order valence-electron chi connectivity index (χ3n) is 4.75. The molecule has 6 nitrogen and oxygen atoms in total. The van der Waals surface area contributed by atoms with E-state index in [0.717, 1.165) is 23.0 Å². The Kier molecular flexibility index (Phi) is 5.08. The smallest absolute Gasteiger partial charge is 0.344 e. The van der Waals surface area contributed by atoms with Gasteiger partial charge >= 0.3 is 5.97 Å². The van der Waals surface area contributed by atoms with Crippen molar-refractivity contribution in [2.45, 2.75) is 20.4 Å². The lowest BCUT2D eigenvalue weighted by atomic mass is 10.1. The highest BCUT2D eigenvalue weighted by Gasteiger charge is 2.28. The number of hydrogen-bond donors (Lipinski definition) is 0. The van der Waals surface area contributed by atoms with Gasteiger partial charge in [-0.2, -0.15) is 0 Å². The fraction of sp³-hybridized carbons (Fsp3) is 0.217. The number of esters is 1. The first-order chi connectivity index (χ1) is 14.1. The van der Waals surface area contributed by atoms with Crippen molar-refractivity contribution in [3.63, 3.8) is 0 Å². The standard InChI is InChI=1S/C23H21NO5/c1-3-24-13-15(17-7-5-6-8-19(17)24)11-21-23(26)18-10-9-16(12-20(18)29-21)28-14-22(25)27-4-2/h5-13H,3-4,14H2,1-2H3. The van der Waals surface area contributed by atoms with Crippen molar-refractivity contribution in [2.24, 2.45) is 0 Å². The molecule has 1 aliphatic rings. The summed E-state index contributed by atoms with van der Waals surface area (Å²) in [6, 6.07) is 13.0. The van der Waals surface area contributed by atoms with Gasteiger partial charge in [-0.1, -0.05) is 18.2 Å². The van der Waals surface area contributed by atoms with Crippen LogP contribution in [0.15, 0.2) is 54.4 Å². The monoisotopic (exact) mass is 391 g/mol. The lowest BCUT2D eigenvalue weighted by molar-refractivity contribution is -0.145. The Hall–Kier alpha value is -3.54. The van der Waals surface area contributed by atoms with Crippen LogP contribution in [0.3, 0.4) is 0 Å². The minimum Gasteiger partial charge on any atom is -0.482 e. The average Bonchev–Trinajstić information content (AvgIpc) is 3.24. The van der Waals surface area contributed by atoms with E-state index in [0.29, 0.717) is 23.7 Å². The summed E-state index contributed by atoms with van der Waals surface area (Å²) >= 11 is 0. The van der Waals surface area contributed by atoms with E-state index in [1.165, 1.54) is 0 Å². The van der Waals surface area contributed by atoms with Crippen LogP contribution in [0.25, 0.3) is 17.0 Å². The molecule has 0 spiro atoms. The van der Waals surface area contributed by atoms with Crippen LogP contribution < -0.4 is 9.47 Å². The fourth-order valence-electron chi connectivity index (χ4n) is 3.39. The summed E-state index contributed by atoms with van der Waals surface area (Å²) in [7, 11) is 0. The molecular formula is C23H21NO5. The third kappa shape index (κ3) is 3.61. The predicted molar refractivity (Wildman–Crippen MR) is 109 cm³/mol. The van der Waals surface area contributed by atoms with Crippen molar-refractivity contribution < 1.29 is 23.8 Å². The van der Waals surface area contributed by atoms with E-state index < -0.39 is 5.97 Å². The fourth-order valence-corrected chi connectivity index (χ4v) is 3.39. The van der Waals surface area contributed by atoms with Gasteiger partial charge in [0, 0.05) is 35.3 Å². The minimum atomic E-state index is -0.446. The molecule has 2 heterocycles. The van der Waals surface area contributed by atoms with Crippen LogP contribution in [-0.4, -0.2) is 29.5 Å². The molecule has 4 rings (SSSR count). The van der Waals surface area contributed by atoms with E-state index in [2.05, 4.69) is 17.6 Å².